The van der Waals surface area contributed by atoms with Crippen molar-refractivity contribution in [2.24, 2.45) is 0 Å². The molecule has 0 fully saturated rings. The van der Waals surface area contributed by atoms with Gasteiger partial charge in [-0.25, -0.2) is 8.78 Å². The van der Waals surface area contributed by atoms with Gasteiger partial charge in [0.15, 0.2) is 0 Å². The molecule has 0 radical (unpaired) electrons. The summed E-state index contributed by atoms with van der Waals surface area (Å²) in [4.78, 5) is 0. The van der Waals surface area contributed by atoms with Gasteiger partial charge in [-0.2, -0.15) is 0 Å². The minimum absolute atomic E-state index is 0.0313. The van der Waals surface area contributed by atoms with Crippen LogP contribution in [0.1, 0.15) is 17.2 Å². The first-order chi connectivity index (χ1) is 9.51. The van der Waals surface area contributed by atoms with E-state index in [0.717, 1.165) is 22.7 Å². The van der Waals surface area contributed by atoms with Gasteiger partial charge in [0.05, 0.1) is 13.2 Å². The van der Waals surface area contributed by atoms with Crippen LogP contribution < -0.4 is 4.74 Å². The van der Waals surface area contributed by atoms with Crippen LogP contribution in [0.2, 0.25) is 0 Å². The molecule has 0 amide bonds. The second kappa shape index (κ2) is 6.33. The molecule has 20 heavy (non-hydrogen) atoms. The quantitative estimate of drug-likeness (QED) is 0.909. The number of methoxy groups -OCH3 is 1. The first-order valence-electron chi connectivity index (χ1n) is 5.96. The van der Waals surface area contributed by atoms with Crippen LogP contribution in [0.5, 0.6) is 5.75 Å². The molecular formula is C15H13BrF2O2. The number of hydrogen-bond acceptors (Lipinski definition) is 2. The Morgan fingerprint density at radius 3 is 2.65 bits per heavy atom. The summed E-state index contributed by atoms with van der Waals surface area (Å²) in [5.41, 5.74) is 0.644. The van der Waals surface area contributed by atoms with Gasteiger partial charge in [-0.05, 0) is 42.0 Å². The SMILES string of the molecule is COc1ccc(Br)cc1C(O)Cc1cc(F)ccc1F. The summed E-state index contributed by atoms with van der Waals surface area (Å²) in [6.45, 7) is 0. The molecule has 106 valence electrons. The van der Waals surface area contributed by atoms with E-state index in [0.29, 0.717) is 11.3 Å². The summed E-state index contributed by atoms with van der Waals surface area (Å²) in [6, 6.07) is 8.35. The maximum absolute atomic E-state index is 13.6. The van der Waals surface area contributed by atoms with E-state index in [1.54, 1.807) is 18.2 Å². The molecule has 1 N–H and O–H groups in total. The number of ether oxygens (including phenoxy) is 1. The summed E-state index contributed by atoms with van der Waals surface area (Å²) in [5, 5.41) is 10.2. The van der Waals surface area contributed by atoms with E-state index in [9.17, 15) is 13.9 Å². The molecule has 2 rings (SSSR count). The fraction of sp³-hybridized carbons (Fsp3) is 0.200. The van der Waals surface area contributed by atoms with Crippen molar-refractivity contribution in [3.63, 3.8) is 0 Å². The molecular weight excluding hydrogens is 330 g/mol. The van der Waals surface area contributed by atoms with Crippen molar-refractivity contribution >= 4 is 15.9 Å². The van der Waals surface area contributed by atoms with Crippen molar-refractivity contribution in [1.29, 1.82) is 0 Å². The molecule has 2 aromatic carbocycles. The molecule has 0 aliphatic rings. The summed E-state index contributed by atoms with van der Waals surface area (Å²) >= 11 is 3.30. The van der Waals surface area contributed by atoms with Crippen molar-refractivity contribution in [2.75, 3.05) is 7.11 Å². The van der Waals surface area contributed by atoms with E-state index in [1.807, 2.05) is 0 Å². The molecule has 2 aromatic rings. The largest absolute Gasteiger partial charge is 0.496 e. The topological polar surface area (TPSA) is 29.5 Å². The van der Waals surface area contributed by atoms with Gasteiger partial charge in [-0.1, -0.05) is 15.9 Å². The van der Waals surface area contributed by atoms with E-state index in [1.165, 1.54) is 7.11 Å². The summed E-state index contributed by atoms with van der Waals surface area (Å²) in [7, 11) is 1.49. The minimum Gasteiger partial charge on any atom is -0.496 e. The Balaban J connectivity index is 2.30. The van der Waals surface area contributed by atoms with Crippen LogP contribution in [0.25, 0.3) is 0 Å². The highest BCUT2D eigenvalue weighted by molar-refractivity contribution is 9.10. The van der Waals surface area contributed by atoms with Gasteiger partial charge in [-0.15, -0.1) is 0 Å². The summed E-state index contributed by atoms with van der Waals surface area (Å²) in [5.74, 6) is -0.577. The van der Waals surface area contributed by atoms with Crippen molar-refractivity contribution in [2.45, 2.75) is 12.5 Å². The number of aliphatic hydroxyl groups excluding tert-OH is 1. The molecule has 0 heterocycles. The Morgan fingerprint density at radius 2 is 1.95 bits per heavy atom. The molecule has 0 bridgehead atoms. The molecule has 5 heteroatoms. The maximum Gasteiger partial charge on any atom is 0.126 e. The smallest absolute Gasteiger partial charge is 0.126 e. The van der Waals surface area contributed by atoms with Crippen molar-refractivity contribution < 1.29 is 18.6 Å². The minimum atomic E-state index is -0.987. The average Bonchev–Trinajstić information content (AvgIpc) is 2.42. The van der Waals surface area contributed by atoms with Crippen molar-refractivity contribution in [3.8, 4) is 5.75 Å². The van der Waals surface area contributed by atoms with E-state index < -0.39 is 17.7 Å². The van der Waals surface area contributed by atoms with E-state index >= 15 is 0 Å². The zero-order valence-electron chi connectivity index (χ0n) is 10.7. The molecule has 2 nitrogen and oxygen atoms in total. The fourth-order valence-corrected chi connectivity index (χ4v) is 2.36. The van der Waals surface area contributed by atoms with Crippen LogP contribution in [-0.4, -0.2) is 12.2 Å². The number of benzene rings is 2. The Hall–Kier alpha value is -1.46. The third-order valence-electron chi connectivity index (χ3n) is 2.97. The summed E-state index contributed by atoms with van der Waals surface area (Å²) < 4.78 is 32.7. The van der Waals surface area contributed by atoms with Gasteiger partial charge in [0, 0.05) is 16.5 Å². The van der Waals surface area contributed by atoms with Crippen molar-refractivity contribution in [3.05, 3.63) is 63.6 Å². The highest BCUT2D eigenvalue weighted by Crippen LogP contribution is 2.31. The van der Waals surface area contributed by atoms with Crippen LogP contribution in [-0.2, 0) is 6.42 Å². The number of rotatable bonds is 4. The normalized spacial score (nSPS) is 12.2. The predicted octanol–water partition coefficient (Wildman–Crippen LogP) is 4.01. The predicted molar refractivity (Wildman–Crippen MR) is 75.7 cm³/mol. The van der Waals surface area contributed by atoms with Crippen LogP contribution in [0.15, 0.2) is 40.9 Å². The molecule has 1 atom stereocenters. The highest BCUT2D eigenvalue weighted by atomic mass is 79.9. The second-order valence-corrected chi connectivity index (χ2v) is 5.26. The monoisotopic (exact) mass is 342 g/mol. The number of aliphatic hydroxyl groups is 1. The van der Waals surface area contributed by atoms with Crippen LogP contribution >= 0.6 is 15.9 Å². The van der Waals surface area contributed by atoms with Gasteiger partial charge in [0.1, 0.15) is 17.4 Å². The lowest BCUT2D eigenvalue weighted by Crippen LogP contribution is -2.06. The lowest BCUT2D eigenvalue weighted by atomic mass is 10.00. The standard InChI is InChI=1S/C15H13BrF2O2/c1-20-15-5-2-10(16)8-12(15)14(19)7-9-6-11(17)3-4-13(9)18/h2-6,8,14,19H,7H2,1H3. The van der Waals surface area contributed by atoms with Gasteiger partial charge < -0.3 is 9.84 Å². The second-order valence-electron chi connectivity index (χ2n) is 4.34. The number of hydrogen-bond donors (Lipinski definition) is 1. The van der Waals surface area contributed by atoms with Crippen molar-refractivity contribution in [1.82, 2.24) is 0 Å². The zero-order chi connectivity index (χ0) is 14.7. The lowest BCUT2D eigenvalue weighted by Gasteiger charge is -2.15. The molecule has 0 aliphatic heterocycles. The van der Waals surface area contributed by atoms with Gasteiger partial charge >= 0.3 is 0 Å². The van der Waals surface area contributed by atoms with Gasteiger partial charge in [-0.3, -0.25) is 0 Å². The average molecular weight is 343 g/mol. The maximum atomic E-state index is 13.6. The van der Waals surface area contributed by atoms with E-state index in [2.05, 4.69) is 15.9 Å². The molecule has 1 unspecified atom stereocenters. The van der Waals surface area contributed by atoms with Crippen LogP contribution in [0, 0.1) is 11.6 Å². The molecule has 0 saturated heterocycles. The lowest BCUT2D eigenvalue weighted by molar-refractivity contribution is 0.172. The Bertz CT molecular complexity index is 617. The van der Waals surface area contributed by atoms with Crippen LogP contribution in [0.4, 0.5) is 8.78 Å². The van der Waals surface area contributed by atoms with Gasteiger partial charge in [0.25, 0.3) is 0 Å². The van der Waals surface area contributed by atoms with Crippen LogP contribution in [0.3, 0.4) is 0 Å². The Morgan fingerprint density at radius 1 is 1.20 bits per heavy atom. The third-order valence-corrected chi connectivity index (χ3v) is 3.47. The number of halogens is 3. The third kappa shape index (κ3) is 3.35. The Labute approximate surface area is 124 Å². The van der Waals surface area contributed by atoms with Gasteiger partial charge in [0.2, 0.25) is 0 Å². The Kier molecular flexibility index (Phi) is 4.73. The zero-order valence-corrected chi connectivity index (χ0v) is 12.3. The first kappa shape index (κ1) is 14.9. The highest BCUT2D eigenvalue weighted by Gasteiger charge is 2.16. The molecule has 0 aromatic heterocycles. The molecule has 0 saturated carbocycles. The van der Waals surface area contributed by atoms with E-state index in [4.69, 9.17) is 4.74 Å². The fourth-order valence-electron chi connectivity index (χ4n) is 1.98. The summed E-state index contributed by atoms with van der Waals surface area (Å²) in [6.07, 6.45) is -1.02. The first-order valence-corrected chi connectivity index (χ1v) is 6.76. The molecule has 0 aliphatic carbocycles. The van der Waals surface area contributed by atoms with E-state index in [-0.39, 0.29) is 12.0 Å². The molecule has 0 spiro atoms.